The molecule has 5 heterocycles. The van der Waals surface area contributed by atoms with Crippen LogP contribution in [0.2, 0.25) is 0 Å². The van der Waals surface area contributed by atoms with Crippen LogP contribution in [-0.2, 0) is 19.0 Å². The minimum atomic E-state index is -2.91. The number of fused-ring (bicyclic) bond motifs is 3. The van der Waals surface area contributed by atoms with Gasteiger partial charge in [0, 0.05) is 68.5 Å². The Hall–Kier alpha value is -3.05. The average Bonchev–Trinajstić information content (AvgIpc) is 3.60. The van der Waals surface area contributed by atoms with E-state index in [0.717, 1.165) is 32.5 Å². The molecule has 2 aromatic heterocycles. The van der Waals surface area contributed by atoms with Gasteiger partial charge in [-0.2, -0.15) is 9.97 Å². The summed E-state index contributed by atoms with van der Waals surface area (Å²) in [5.41, 5.74) is 1.53. The first-order valence-corrected chi connectivity index (χ1v) is 14.1. The van der Waals surface area contributed by atoms with Crippen LogP contribution >= 0.6 is 0 Å². The topological polar surface area (TPSA) is 66.4 Å². The molecular weight excluding hydrogens is 524 g/mol. The van der Waals surface area contributed by atoms with E-state index < -0.39 is 18.8 Å². The Morgan fingerprint density at radius 1 is 1.10 bits per heavy atom. The first-order valence-electron chi connectivity index (χ1n) is 14.1. The maximum absolute atomic E-state index is 14.9. The highest BCUT2D eigenvalue weighted by atomic mass is 19.3. The Morgan fingerprint density at radius 2 is 1.95 bits per heavy atom. The predicted molar refractivity (Wildman–Crippen MR) is 143 cm³/mol. The van der Waals surface area contributed by atoms with Crippen LogP contribution in [0.3, 0.4) is 0 Å². The van der Waals surface area contributed by atoms with Gasteiger partial charge in [0.25, 0.3) is 5.92 Å². The van der Waals surface area contributed by atoms with E-state index >= 15 is 0 Å². The molecule has 0 unspecified atom stereocenters. The van der Waals surface area contributed by atoms with Gasteiger partial charge in [-0.25, -0.2) is 17.6 Å². The molecule has 3 aromatic rings. The van der Waals surface area contributed by atoms with Crippen LogP contribution in [0.15, 0.2) is 24.4 Å². The fourth-order valence-corrected chi connectivity index (χ4v) is 7.13. The number of hydrogen-bond acceptors (Lipinski definition) is 7. The molecule has 1 N–H and O–H groups in total. The molecule has 1 aromatic carbocycles. The molecule has 3 saturated heterocycles. The second-order valence-electron chi connectivity index (χ2n) is 11.4. The first kappa shape index (κ1) is 25.9. The van der Waals surface area contributed by atoms with Crippen molar-refractivity contribution >= 4 is 16.7 Å². The summed E-state index contributed by atoms with van der Waals surface area (Å²) in [6.07, 6.45) is 2.91. The van der Waals surface area contributed by atoms with Crippen molar-refractivity contribution in [2.75, 3.05) is 50.8 Å². The highest BCUT2D eigenvalue weighted by molar-refractivity contribution is 5.94. The molecular formula is C29H32F4N6O. The van der Waals surface area contributed by atoms with Gasteiger partial charge in [0.15, 0.2) is 0 Å². The van der Waals surface area contributed by atoms with Gasteiger partial charge in [-0.1, -0.05) is 18.2 Å². The van der Waals surface area contributed by atoms with Crippen molar-refractivity contribution in [3.8, 4) is 17.3 Å². The molecule has 212 valence electrons. The number of rotatable bonds is 6. The van der Waals surface area contributed by atoms with Crippen LogP contribution in [0.4, 0.5) is 23.4 Å². The molecule has 1 aliphatic carbocycles. The van der Waals surface area contributed by atoms with Gasteiger partial charge in [-0.05, 0) is 31.4 Å². The first-order chi connectivity index (χ1) is 19.4. The highest BCUT2D eigenvalue weighted by Gasteiger charge is 2.49. The van der Waals surface area contributed by atoms with E-state index in [1.54, 1.807) is 18.3 Å². The van der Waals surface area contributed by atoms with Crippen LogP contribution in [0.25, 0.3) is 22.2 Å². The van der Waals surface area contributed by atoms with Crippen molar-refractivity contribution < 1.29 is 22.3 Å². The van der Waals surface area contributed by atoms with Gasteiger partial charge in [0.1, 0.15) is 25.3 Å². The summed E-state index contributed by atoms with van der Waals surface area (Å²) < 4.78 is 64.5. The summed E-state index contributed by atoms with van der Waals surface area (Å²) in [7, 11) is 0. The second-order valence-corrected chi connectivity index (χ2v) is 11.4. The van der Waals surface area contributed by atoms with Crippen LogP contribution < -0.4 is 15.0 Å². The van der Waals surface area contributed by atoms with E-state index in [1.165, 1.54) is 6.07 Å². The summed E-state index contributed by atoms with van der Waals surface area (Å²) in [5.74, 6) is -2.31. The van der Waals surface area contributed by atoms with Crippen molar-refractivity contribution in [2.24, 2.45) is 0 Å². The quantitative estimate of drug-likeness (QED) is 0.447. The molecule has 2 atom stereocenters. The number of hydrogen-bond donors (Lipinski definition) is 1. The summed E-state index contributed by atoms with van der Waals surface area (Å²) in [4.78, 5) is 18.3. The Labute approximate surface area is 229 Å². The van der Waals surface area contributed by atoms with E-state index in [-0.39, 0.29) is 42.1 Å². The normalized spacial score (nSPS) is 25.9. The number of halogens is 4. The molecule has 0 amide bonds. The number of ether oxygens (including phenoxy) is 1. The molecule has 4 aliphatic rings. The number of pyridine rings is 1. The maximum Gasteiger partial charge on any atom is 0.319 e. The third kappa shape index (κ3) is 4.20. The molecule has 7 rings (SSSR count). The fourth-order valence-electron chi connectivity index (χ4n) is 7.13. The summed E-state index contributed by atoms with van der Waals surface area (Å²) >= 11 is 0. The lowest BCUT2D eigenvalue weighted by atomic mass is 9.95. The number of aromatic nitrogens is 3. The SMILES string of the molecule is FCc1c(-c2cccc3c2CCC3(F)F)ncc2c(N3CCNCC3)nc(OC[C@@]34CCCN3C[C@H](F)C4)nc12. The van der Waals surface area contributed by atoms with Gasteiger partial charge < -0.3 is 15.0 Å². The molecule has 40 heavy (non-hydrogen) atoms. The van der Waals surface area contributed by atoms with E-state index in [0.29, 0.717) is 59.6 Å². The van der Waals surface area contributed by atoms with Gasteiger partial charge >= 0.3 is 6.01 Å². The molecule has 3 aliphatic heterocycles. The highest BCUT2D eigenvalue weighted by Crippen LogP contribution is 2.46. The number of piperazine rings is 1. The van der Waals surface area contributed by atoms with Crippen molar-refractivity contribution in [2.45, 2.75) is 56.4 Å². The number of nitrogens with one attached hydrogen (secondary N) is 1. The molecule has 0 saturated carbocycles. The largest absolute Gasteiger partial charge is 0.461 e. The average molecular weight is 557 g/mol. The lowest BCUT2D eigenvalue weighted by Crippen LogP contribution is -2.44. The fraction of sp³-hybridized carbons (Fsp3) is 0.552. The van der Waals surface area contributed by atoms with Crippen LogP contribution in [-0.4, -0.2) is 77.4 Å². The smallest absolute Gasteiger partial charge is 0.319 e. The second kappa shape index (κ2) is 9.80. The monoisotopic (exact) mass is 556 g/mol. The van der Waals surface area contributed by atoms with Gasteiger partial charge in [-0.15, -0.1) is 0 Å². The van der Waals surface area contributed by atoms with Crippen molar-refractivity contribution in [3.05, 3.63) is 41.1 Å². The van der Waals surface area contributed by atoms with E-state index in [9.17, 15) is 17.6 Å². The minimum Gasteiger partial charge on any atom is -0.461 e. The third-order valence-corrected chi connectivity index (χ3v) is 9.09. The van der Waals surface area contributed by atoms with Gasteiger partial charge in [-0.3, -0.25) is 9.88 Å². The van der Waals surface area contributed by atoms with E-state index in [2.05, 4.69) is 25.1 Å². The minimum absolute atomic E-state index is 0.0203. The van der Waals surface area contributed by atoms with Crippen molar-refractivity contribution in [1.29, 1.82) is 0 Å². The lowest BCUT2D eigenvalue weighted by molar-refractivity contribution is -0.00183. The zero-order chi connectivity index (χ0) is 27.5. The maximum atomic E-state index is 14.9. The summed E-state index contributed by atoms with van der Waals surface area (Å²) in [6, 6.07) is 4.86. The van der Waals surface area contributed by atoms with Crippen molar-refractivity contribution in [3.63, 3.8) is 0 Å². The molecule has 0 radical (unpaired) electrons. The van der Waals surface area contributed by atoms with Crippen LogP contribution in [0, 0.1) is 0 Å². The van der Waals surface area contributed by atoms with E-state index in [4.69, 9.17) is 9.72 Å². The Balaban J connectivity index is 1.34. The summed E-state index contributed by atoms with van der Waals surface area (Å²) in [6.45, 7) is 3.56. The number of anilines is 1. The van der Waals surface area contributed by atoms with Gasteiger partial charge in [0.2, 0.25) is 0 Å². The molecule has 11 heteroatoms. The Bertz CT molecular complexity index is 1450. The number of nitrogens with zero attached hydrogens (tertiary/aromatic N) is 5. The molecule has 0 bridgehead atoms. The molecule has 3 fully saturated rings. The molecule has 7 nitrogen and oxygen atoms in total. The Morgan fingerprint density at radius 3 is 2.77 bits per heavy atom. The van der Waals surface area contributed by atoms with Crippen LogP contribution in [0.1, 0.15) is 42.4 Å². The number of alkyl halides is 4. The predicted octanol–water partition coefficient (Wildman–Crippen LogP) is 4.56. The van der Waals surface area contributed by atoms with Crippen LogP contribution in [0.5, 0.6) is 6.01 Å². The molecule has 0 spiro atoms. The zero-order valence-electron chi connectivity index (χ0n) is 22.2. The van der Waals surface area contributed by atoms with E-state index in [1.807, 2.05) is 0 Å². The summed E-state index contributed by atoms with van der Waals surface area (Å²) in [5, 5.41) is 3.92. The zero-order valence-corrected chi connectivity index (χ0v) is 22.2. The Kier molecular flexibility index (Phi) is 6.34. The number of benzene rings is 1. The third-order valence-electron chi connectivity index (χ3n) is 9.09. The lowest BCUT2D eigenvalue weighted by Gasteiger charge is -2.32. The standard InChI is InChI=1S/C29H32F4N6O/c30-14-21-24(20-3-1-4-23-19(20)5-7-29(23,32)33)35-15-22-25(21)36-27(37-26(22)38-11-8-34-9-12-38)40-17-28-6-2-10-39(28)16-18(31)13-28/h1,3-4,15,18,34H,2,5-14,16-17H2/t18-,28+/m1/s1. The van der Waals surface area contributed by atoms with Crippen molar-refractivity contribution in [1.82, 2.24) is 25.2 Å². The van der Waals surface area contributed by atoms with Gasteiger partial charge in [0.05, 0.1) is 22.1 Å².